The van der Waals surface area contributed by atoms with E-state index in [2.05, 4.69) is 57.9 Å². The Labute approximate surface area is 177 Å². The van der Waals surface area contributed by atoms with Crippen LogP contribution in [0.3, 0.4) is 0 Å². The summed E-state index contributed by atoms with van der Waals surface area (Å²) in [5.74, 6) is 0. The predicted octanol–water partition coefficient (Wildman–Crippen LogP) is 5.57. The van der Waals surface area contributed by atoms with Crippen LogP contribution in [0.25, 0.3) is 49.8 Å². The summed E-state index contributed by atoms with van der Waals surface area (Å²) in [6, 6.07) is 19.6. The van der Waals surface area contributed by atoms with Crippen molar-refractivity contribution < 1.29 is 0 Å². The van der Waals surface area contributed by atoms with Crippen LogP contribution < -0.4 is 0 Å². The van der Waals surface area contributed by atoms with Gasteiger partial charge in [-0.15, -0.1) is 0 Å². The summed E-state index contributed by atoms with van der Waals surface area (Å²) >= 11 is 0. The van der Waals surface area contributed by atoms with Crippen LogP contribution in [0.15, 0.2) is 73.2 Å². The van der Waals surface area contributed by atoms with Gasteiger partial charge in [-0.1, -0.05) is 36.4 Å². The molecule has 0 N–H and O–H groups in total. The minimum Gasteiger partial charge on any atom is -0.279 e. The van der Waals surface area contributed by atoms with E-state index in [0.29, 0.717) is 0 Å². The van der Waals surface area contributed by atoms with Crippen molar-refractivity contribution in [3.05, 3.63) is 95.6 Å². The standard InChI is InChI=1S/C27H16N4/c1-2-5-17-15(4-1)12-16-7-8-18-21(24(16)17)13-23-25(18)30-27-20-9-11-28-14-22(20)19-6-3-10-29-26(19)31(23)27/h1-11,14H,12-13H2. The van der Waals surface area contributed by atoms with Gasteiger partial charge in [0.15, 0.2) is 0 Å². The van der Waals surface area contributed by atoms with Gasteiger partial charge in [0.2, 0.25) is 0 Å². The lowest BCUT2D eigenvalue weighted by Crippen LogP contribution is -1.99. The van der Waals surface area contributed by atoms with Crippen LogP contribution in [-0.4, -0.2) is 19.4 Å². The van der Waals surface area contributed by atoms with Crippen molar-refractivity contribution >= 4 is 27.5 Å². The number of imidazole rings is 1. The molecular formula is C27H16N4. The van der Waals surface area contributed by atoms with Crippen LogP contribution in [0, 0.1) is 0 Å². The molecule has 2 aliphatic rings. The first kappa shape index (κ1) is 15.7. The number of benzene rings is 2. The topological polar surface area (TPSA) is 43.1 Å². The Morgan fingerprint density at radius 3 is 2.65 bits per heavy atom. The molecule has 0 amide bonds. The SMILES string of the molecule is c1ccc2c(c1)Cc1ccc3c(c1-2)Cc1c-3nc2c3ccncc3c3cccnc3n12. The van der Waals surface area contributed by atoms with Crippen molar-refractivity contribution in [1.29, 1.82) is 0 Å². The van der Waals surface area contributed by atoms with Crippen molar-refractivity contribution in [2.75, 3.05) is 0 Å². The highest BCUT2D eigenvalue weighted by atomic mass is 15.1. The third kappa shape index (κ3) is 1.84. The lowest BCUT2D eigenvalue weighted by atomic mass is 9.96. The highest BCUT2D eigenvalue weighted by Crippen LogP contribution is 2.48. The molecule has 0 bridgehead atoms. The van der Waals surface area contributed by atoms with E-state index >= 15 is 0 Å². The first-order valence-corrected chi connectivity index (χ1v) is 10.6. The molecule has 4 heterocycles. The number of nitrogens with zero attached hydrogens (tertiary/aromatic N) is 4. The van der Waals surface area contributed by atoms with Gasteiger partial charge in [0.05, 0.1) is 11.4 Å². The van der Waals surface area contributed by atoms with Gasteiger partial charge < -0.3 is 0 Å². The first-order chi connectivity index (χ1) is 15.4. The number of hydrogen-bond acceptors (Lipinski definition) is 3. The zero-order chi connectivity index (χ0) is 20.1. The molecule has 2 aromatic carbocycles. The zero-order valence-electron chi connectivity index (χ0n) is 16.6. The maximum Gasteiger partial charge on any atom is 0.147 e. The van der Waals surface area contributed by atoms with E-state index in [1.54, 1.807) is 0 Å². The first-order valence-electron chi connectivity index (χ1n) is 10.6. The molecule has 0 fully saturated rings. The third-order valence-corrected chi connectivity index (χ3v) is 6.99. The molecule has 144 valence electrons. The summed E-state index contributed by atoms with van der Waals surface area (Å²) in [5.41, 5.74) is 12.6. The minimum absolute atomic E-state index is 0.881. The average molecular weight is 396 g/mol. The molecule has 0 radical (unpaired) electrons. The molecule has 4 nitrogen and oxygen atoms in total. The summed E-state index contributed by atoms with van der Waals surface area (Å²) in [6.45, 7) is 0. The second kappa shape index (κ2) is 5.35. The quantitative estimate of drug-likeness (QED) is 0.315. The molecule has 31 heavy (non-hydrogen) atoms. The third-order valence-electron chi connectivity index (χ3n) is 6.99. The van der Waals surface area contributed by atoms with E-state index < -0.39 is 0 Å². The van der Waals surface area contributed by atoms with E-state index in [1.165, 1.54) is 39.1 Å². The van der Waals surface area contributed by atoms with Crippen molar-refractivity contribution in [2.45, 2.75) is 12.8 Å². The Hall–Kier alpha value is -4.05. The zero-order valence-corrected chi connectivity index (χ0v) is 16.6. The summed E-state index contributed by atoms with van der Waals surface area (Å²) < 4.78 is 2.28. The lowest BCUT2D eigenvalue weighted by Gasteiger charge is -2.11. The van der Waals surface area contributed by atoms with Crippen LogP contribution in [0.4, 0.5) is 0 Å². The summed E-state index contributed by atoms with van der Waals surface area (Å²) in [4.78, 5) is 14.3. The Balaban J connectivity index is 1.50. The fraction of sp³-hybridized carbons (Fsp3) is 0.0741. The second-order valence-corrected chi connectivity index (χ2v) is 8.50. The Morgan fingerprint density at radius 1 is 0.710 bits per heavy atom. The number of rotatable bonds is 0. The molecule has 0 spiro atoms. The predicted molar refractivity (Wildman–Crippen MR) is 122 cm³/mol. The van der Waals surface area contributed by atoms with Crippen LogP contribution in [-0.2, 0) is 12.8 Å². The van der Waals surface area contributed by atoms with Crippen molar-refractivity contribution in [2.24, 2.45) is 0 Å². The fourth-order valence-electron chi connectivity index (χ4n) is 5.71. The largest absolute Gasteiger partial charge is 0.279 e. The summed E-state index contributed by atoms with van der Waals surface area (Å²) in [6.07, 6.45) is 7.55. The van der Waals surface area contributed by atoms with E-state index in [9.17, 15) is 0 Å². The van der Waals surface area contributed by atoms with Gasteiger partial charge in [-0.2, -0.15) is 0 Å². The van der Waals surface area contributed by atoms with Gasteiger partial charge in [-0.3, -0.25) is 9.38 Å². The summed E-state index contributed by atoms with van der Waals surface area (Å²) in [5, 5.41) is 3.34. The van der Waals surface area contributed by atoms with Crippen LogP contribution in [0.2, 0.25) is 0 Å². The monoisotopic (exact) mass is 396 g/mol. The van der Waals surface area contributed by atoms with Gasteiger partial charge in [-0.05, 0) is 52.4 Å². The molecule has 0 atom stereocenters. The van der Waals surface area contributed by atoms with E-state index in [0.717, 1.165) is 46.0 Å². The number of fused-ring (bicyclic) bond motifs is 14. The molecule has 2 aliphatic carbocycles. The van der Waals surface area contributed by atoms with Gasteiger partial charge >= 0.3 is 0 Å². The lowest BCUT2D eigenvalue weighted by molar-refractivity contribution is 1.07. The van der Waals surface area contributed by atoms with Crippen molar-refractivity contribution in [3.63, 3.8) is 0 Å². The summed E-state index contributed by atoms with van der Waals surface area (Å²) in [7, 11) is 0. The van der Waals surface area contributed by atoms with Crippen molar-refractivity contribution in [1.82, 2.24) is 19.4 Å². The normalized spacial score (nSPS) is 13.5. The Kier molecular flexibility index (Phi) is 2.72. The Bertz CT molecular complexity index is 1740. The average Bonchev–Trinajstić information content (AvgIpc) is 3.48. The molecule has 4 aromatic heterocycles. The van der Waals surface area contributed by atoms with Crippen LogP contribution in [0.1, 0.15) is 22.4 Å². The maximum atomic E-state index is 5.19. The minimum atomic E-state index is 0.881. The van der Waals surface area contributed by atoms with Gasteiger partial charge in [0.25, 0.3) is 0 Å². The molecule has 4 heteroatoms. The molecule has 0 aliphatic heterocycles. The molecule has 0 saturated carbocycles. The van der Waals surface area contributed by atoms with E-state index in [4.69, 9.17) is 9.97 Å². The molecule has 8 rings (SSSR count). The fourth-order valence-corrected chi connectivity index (χ4v) is 5.71. The van der Waals surface area contributed by atoms with E-state index in [-0.39, 0.29) is 0 Å². The van der Waals surface area contributed by atoms with Gasteiger partial charge in [-0.25, -0.2) is 9.97 Å². The molecule has 0 unspecified atom stereocenters. The van der Waals surface area contributed by atoms with Crippen LogP contribution >= 0.6 is 0 Å². The van der Waals surface area contributed by atoms with Crippen molar-refractivity contribution in [3.8, 4) is 22.4 Å². The second-order valence-electron chi connectivity index (χ2n) is 8.50. The molecule has 0 saturated heterocycles. The van der Waals surface area contributed by atoms with Crippen LogP contribution in [0.5, 0.6) is 0 Å². The maximum absolute atomic E-state index is 5.19. The molecule has 6 aromatic rings. The molecular weight excluding hydrogens is 380 g/mol. The Morgan fingerprint density at radius 2 is 1.65 bits per heavy atom. The van der Waals surface area contributed by atoms with E-state index in [1.807, 2.05) is 24.7 Å². The number of hydrogen-bond donors (Lipinski definition) is 0. The number of aromatic nitrogens is 4. The highest BCUT2D eigenvalue weighted by Gasteiger charge is 2.32. The number of pyridine rings is 3. The van der Waals surface area contributed by atoms with Gasteiger partial charge in [0.1, 0.15) is 11.3 Å². The highest BCUT2D eigenvalue weighted by molar-refractivity contribution is 6.11. The smallest absolute Gasteiger partial charge is 0.147 e. The van der Waals surface area contributed by atoms with Gasteiger partial charge in [0, 0.05) is 46.7 Å².